The van der Waals surface area contributed by atoms with Crippen LogP contribution in [-0.4, -0.2) is 55.9 Å². The van der Waals surface area contributed by atoms with E-state index >= 15 is 0 Å². The minimum atomic E-state index is -4.15. The molecule has 0 amide bonds. The highest BCUT2D eigenvalue weighted by molar-refractivity contribution is 14.0. The number of aliphatic imine (C=N–C) groups is 1. The molecule has 1 aromatic carbocycles. The van der Waals surface area contributed by atoms with Crippen molar-refractivity contribution in [2.24, 2.45) is 4.99 Å². The maximum Gasteiger partial charge on any atom is 0.401 e. The molecule has 1 heterocycles. The lowest BCUT2D eigenvalue weighted by atomic mass is 9.96. The molecule has 2 fully saturated rings. The fourth-order valence-electron chi connectivity index (χ4n) is 3.35. The molecule has 0 aromatic heterocycles. The van der Waals surface area contributed by atoms with Gasteiger partial charge in [-0.2, -0.15) is 13.2 Å². The molecule has 2 aliphatic rings. The van der Waals surface area contributed by atoms with Crippen LogP contribution < -0.4 is 15.4 Å². The Kier molecular flexibility index (Phi) is 8.66. The van der Waals surface area contributed by atoms with Gasteiger partial charge in [0.2, 0.25) is 0 Å². The molecular formula is C19H28F3IN4O. The Morgan fingerprint density at radius 1 is 1.25 bits per heavy atom. The van der Waals surface area contributed by atoms with Crippen molar-refractivity contribution in [1.82, 2.24) is 15.5 Å². The molecule has 28 heavy (non-hydrogen) atoms. The molecule has 5 nitrogen and oxygen atoms in total. The van der Waals surface area contributed by atoms with E-state index in [1.165, 1.54) is 11.3 Å². The summed E-state index contributed by atoms with van der Waals surface area (Å²) in [4.78, 5) is 5.62. The third-order valence-corrected chi connectivity index (χ3v) is 5.00. The van der Waals surface area contributed by atoms with Crippen LogP contribution in [0.1, 0.15) is 31.2 Å². The van der Waals surface area contributed by atoms with E-state index in [1.807, 2.05) is 24.3 Å². The van der Waals surface area contributed by atoms with Gasteiger partial charge in [-0.15, -0.1) is 24.0 Å². The quantitative estimate of drug-likeness (QED) is 0.348. The van der Waals surface area contributed by atoms with Crippen LogP contribution in [0.15, 0.2) is 29.3 Å². The lowest BCUT2D eigenvalue weighted by Gasteiger charge is -2.27. The van der Waals surface area contributed by atoms with Crippen LogP contribution in [0.3, 0.4) is 0 Å². The van der Waals surface area contributed by atoms with Crippen molar-refractivity contribution >= 4 is 29.9 Å². The van der Waals surface area contributed by atoms with Gasteiger partial charge in [-0.1, -0.05) is 18.2 Å². The Labute approximate surface area is 181 Å². The van der Waals surface area contributed by atoms with Gasteiger partial charge in [-0.25, -0.2) is 0 Å². The average molecular weight is 512 g/mol. The number of rotatable bonds is 6. The van der Waals surface area contributed by atoms with Gasteiger partial charge in [0.25, 0.3) is 0 Å². The Bertz CT molecular complexity index is 652. The third-order valence-electron chi connectivity index (χ3n) is 5.00. The van der Waals surface area contributed by atoms with E-state index in [9.17, 15) is 13.2 Å². The lowest BCUT2D eigenvalue weighted by molar-refractivity contribution is -0.143. The SMILES string of the molecule is CN=C(NCc1ccccc1OC1CCC1)NC1CCN(CC(F)(F)F)C1.I. The number of para-hydroxylation sites is 1. The van der Waals surface area contributed by atoms with Crippen LogP contribution in [0.25, 0.3) is 0 Å². The molecule has 158 valence electrons. The van der Waals surface area contributed by atoms with Crippen LogP contribution in [0.5, 0.6) is 5.75 Å². The highest BCUT2D eigenvalue weighted by atomic mass is 127. The normalized spacial score (nSPS) is 21.0. The summed E-state index contributed by atoms with van der Waals surface area (Å²) in [6.07, 6.45) is 0.231. The van der Waals surface area contributed by atoms with Gasteiger partial charge < -0.3 is 15.4 Å². The number of nitrogens with one attached hydrogen (secondary N) is 2. The van der Waals surface area contributed by atoms with Gasteiger partial charge in [0.05, 0.1) is 12.6 Å². The lowest BCUT2D eigenvalue weighted by Crippen LogP contribution is -2.45. The summed E-state index contributed by atoms with van der Waals surface area (Å²) in [5.74, 6) is 1.47. The van der Waals surface area contributed by atoms with Gasteiger partial charge in [0.1, 0.15) is 5.75 Å². The molecule has 1 unspecified atom stereocenters. The summed E-state index contributed by atoms with van der Waals surface area (Å²) in [6, 6.07) is 7.86. The Hall–Kier alpha value is -1.23. The van der Waals surface area contributed by atoms with Crippen molar-refractivity contribution in [3.05, 3.63) is 29.8 Å². The number of guanidine groups is 1. The minimum Gasteiger partial charge on any atom is -0.490 e. The minimum absolute atomic E-state index is 0. The predicted molar refractivity (Wildman–Crippen MR) is 114 cm³/mol. The zero-order valence-corrected chi connectivity index (χ0v) is 18.3. The number of benzene rings is 1. The number of nitrogens with zero attached hydrogens (tertiary/aromatic N) is 2. The molecular weight excluding hydrogens is 484 g/mol. The fourth-order valence-corrected chi connectivity index (χ4v) is 3.35. The van der Waals surface area contributed by atoms with Gasteiger partial charge in [-0.3, -0.25) is 9.89 Å². The summed E-state index contributed by atoms with van der Waals surface area (Å²) >= 11 is 0. The average Bonchev–Trinajstić information content (AvgIpc) is 3.00. The number of alkyl halides is 3. The van der Waals surface area contributed by atoms with Crippen molar-refractivity contribution in [3.8, 4) is 5.75 Å². The van der Waals surface area contributed by atoms with Crippen LogP contribution in [0.2, 0.25) is 0 Å². The zero-order valence-electron chi connectivity index (χ0n) is 16.0. The number of halogens is 4. The monoisotopic (exact) mass is 512 g/mol. The molecule has 1 aliphatic carbocycles. The molecule has 1 atom stereocenters. The zero-order chi connectivity index (χ0) is 19.3. The van der Waals surface area contributed by atoms with E-state index in [-0.39, 0.29) is 30.0 Å². The highest BCUT2D eigenvalue weighted by Crippen LogP contribution is 2.27. The van der Waals surface area contributed by atoms with Gasteiger partial charge in [0, 0.05) is 38.3 Å². The first kappa shape index (κ1) is 23.1. The standard InChI is InChI=1S/C19H27F3N4O.HI/c1-23-18(25-15-9-10-26(12-15)13-19(20,21)22)24-11-14-5-2-3-8-17(14)27-16-6-4-7-16;/h2-3,5,8,15-16H,4,6-7,9-13H2,1H3,(H2,23,24,25);1H. The fraction of sp³-hybridized carbons (Fsp3) is 0.632. The van der Waals surface area contributed by atoms with Gasteiger partial charge in [-0.05, 0) is 31.7 Å². The number of likely N-dealkylation sites (tertiary alicyclic amines) is 1. The Morgan fingerprint density at radius 3 is 2.64 bits per heavy atom. The summed E-state index contributed by atoms with van der Waals surface area (Å²) in [5, 5.41) is 6.47. The second-order valence-electron chi connectivity index (χ2n) is 7.18. The van der Waals surface area contributed by atoms with Crippen LogP contribution in [-0.2, 0) is 6.54 Å². The molecule has 2 N–H and O–H groups in total. The second-order valence-corrected chi connectivity index (χ2v) is 7.18. The summed E-state index contributed by atoms with van der Waals surface area (Å²) in [7, 11) is 1.66. The van der Waals surface area contributed by atoms with E-state index in [0.29, 0.717) is 38.1 Å². The summed E-state index contributed by atoms with van der Waals surface area (Å²) < 4.78 is 43.6. The van der Waals surface area contributed by atoms with Gasteiger partial charge >= 0.3 is 6.18 Å². The number of hydrogen-bond acceptors (Lipinski definition) is 3. The van der Waals surface area contributed by atoms with E-state index in [0.717, 1.165) is 24.2 Å². The molecule has 0 radical (unpaired) electrons. The van der Waals surface area contributed by atoms with Gasteiger partial charge in [0.15, 0.2) is 5.96 Å². The summed E-state index contributed by atoms with van der Waals surface area (Å²) in [5.41, 5.74) is 1.04. The first-order valence-corrected chi connectivity index (χ1v) is 9.44. The van der Waals surface area contributed by atoms with E-state index in [2.05, 4.69) is 15.6 Å². The first-order valence-electron chi connectivity index (χ1n) is 9.44. The van der Waals surface area contributed by atoms with Crippen molar-refractivity contribution in [1.29, 1.82) is 0 Å². The van der Waals surface area contributed by atoms with E-state index < -0.39 is 12.7 Å². The van der Waals surface area contributed by atoms with E-state index in [1.54, 1.807) is 7.05 Å². The summed E-state index contributed by atoms with van der Waals surface area (Å²) in [6.45, 7) is 0.485. The molecule has 0 bridgehead atoms. The van der Waals surface area contributed by atoms with Crippen LogP contribution in [0, 0.1) is 0 Å². The van der Waals surface area contributed by atoms with E-state index in [4.69, 9.17) is 4.74 Å². The Balaban J connectivity index is 0.00000280. The predicted octanol–water partition coefficient (Wildman–Crippen LogP) is 3.54. The van der Waals surface area contributed by atoms with Crippen molar-refractivity contribution in [2.45, 2.75) is 50.6 Å². The molecule has 1 saturated heterocycles. The van der Waals surface area contributed by atoms with Crippen LogP contribution in [0.4, 0.5) is 13.2 Å². The number of hydrogen-bond donors (Lipinski definition) is 2. The second kappa shape index (κ2) is 10.5. The Morgan fingerprint density at radius 2 is 2.00 bits per heavy atom. The smallest absolute Gasteiger partial charge is 0.401 e. The van der Waals surface area contributed by atoms with Crippen LogP contribution >= 0.6 is 24.0 Å². The number of ether oxygens (including phenoxy) is 1. The molecule has 9 heteroatoms. The maximum atomic E-state index is 12.5. The molecule has 1 aliphatic heterocycles. The highest BCUT2D eigenvalue weighted by Gasteiger charge is 2.34. The van der Waals surface area contributed by atoms with Crippen molar-refractivity contribution < 1.29 is 17.9 Å². The maximum absolute atomic E-state index is 12.5. The largest absolute Gasteiger partial charge is 0.490 e. The van der Waals surface area contributed by atoms with Crippen molar-refractivity contribution in [2.75, 3.05) is 26.7 Å². The first-order chi connectivity index (χ1) is 12.9. The molecule has 3 rings (SSSR count). The third kappa shape index (κ3) is 6.98. The molecule has 0 spiro atoms. The molecule has 1 aromatic rings. The van der Waals surface area contributed by atoms with Crippen molar-refractivity contribution in [3.63, 3.8) is 0 Å². The topological polar surface area (TPSA) is 48.9 Å². The molecule has 1 saturated carbocycles.